The number of aliphatic hydroxyl groups is 4. The van der Waals surface area contributed by atoms with Crippen molar-refractivity contribution in [3.8, 4) is 0 Å². The number of carbonyl (C=O) groups is 1. The second kappa shape index (κ2) is 12.4. The number of alkyl halides is 1. The van der Waals surface area contributed by atoms with Gasteiger partial charge in [0.15, 0.2) is 12.5 Å². The lowest BCUT2D eigenvalue weighted by Gasteiger charge is -2.45. The number of aliphatic hydroxyl groups excluding tert-OH is 4. The molecule has 0 aromatic rings. The average molecular weight is 430 g/mol. The van der Waals surface area contributed by atoms with E-state index in [2.05, 4.69) is 5.29 Å². The van der Waals surface area contributed by atoms with Crippen molar-refractivity contribution in [2.45, 2.75) is 50.8 Å². The molecule has 0 unspecified atom stereocenters. The van der Waals surface area contributed by atoms with E-state index in [-0.39, 0.29) is 32.2 Å². The maximum Gasteiger partial charge on any atom is 0.345 e. The fourth-order valence-corrected chi connectivity index (χ4v) is 2.88. The molecule has 0 saturated carbocycles. The average Bonchev–Trinajstić information content (AvgIpc) is 2.69. The summed E-state index contributed by atoms with van der Waals surface area (Å²) in [4.78, 5) is 24.8. The number of hydrogen-bond donors (Lipinski definition) is 4. The van der Waals surface area contributed by atoms with Crippen LogP contribution in [0.1, 0.15) is 13.8 Å². The monoisotopic (exact) mass is 429 g/mol. The topological polar surface area (TPSA) is 162 Å². The van der Waals surface area contributed by atoms with Crippen LogP contribution in [-0.4, -0.2) is 112 Å². The highest BCUT2D eigenvalue weighted by atomic mass is 35.5. The summed E-state index contributed by atoms with van der Waals surface area (Å²) in [5, 5.41) is 42.8. The minimum absolute atomic E-state index is 0.0830. The van der Waals surface area contributed by atoms with Gasteiger partial charge in [-0.1, -0.05) is 0 Å². The van der Waals surface area contributed by atoms with Gasteiger partial charge < -0.3 is 34.6 Å². The van der Waals surface area contributed by atoms with Crippen molar-refractivity contribution < 1.29 is 39.4 Å². The number of amides is 2. The third-order valence-electron chi connectivity index (χ3n) is 4.09. The largest absolute Gasteiger partial charge is 0.394 e. The maximum absolute atomic E-state index is 12.8. The van der Waals surface area contributed by atoms with Gasteiger partial charge >= 0.3 is 6.03 Å². The van der Waals surface area contributed by atoms with E-state index in [0.717, 1.165) is 4.90 Å². The molecule has 2 amide bonds. The van der Waals surface area contributed by atoms with Crippen molar-refractivity contribution in [2.75, 3.05) is 38.8 Å². The number of rotatable bonds is 11. The fourth-order valence-electron chi connectivity index (χ4n) is 2.72. The standard InChI is InChI=1S/C15H28ClN3O9/c1-3-26-10(27-4-2)7-18(15(24)19(17-25)6-5-16)14-13(23)12(22)11(21)9(8-20)28-14/h9-14,20-23H,3-8H2,1-2H3/t9-,11+,12+,13-,14-/m1/s1. The zero-order valence-electron chi connectivity index (χ0n) is 15.8. The number of ether oxygens (including phenoxy) is 3. The van der Waals surface area contributed by atoms with Gasteiger partial charge in [0.05, 0.1) is 25.0 Å². The number of nitroso groups, excluding NO2 is 1. The van der Waals surface area contributed by atoms with E-state index < -0.39 is 49.6 Å². The second-order valence-corrected chi connectivity index (χ2v) is 6.27. The molecule has 28 heavy (non-hydrogen) atoms. The highest BCUT2D eigenvalue weighted by molar-refractivity contribution is 6.18. The lowest BCUT2D eigenvalue weighted by atomic mass is 9.98. The summed E-state index contributed by atoms with van der Waals surface area (Å²) in [6.07, 6.45) is -8.76. The summed E-state index contributed by atoms with van der Waals surface area (Å²) in [7, 11) is 0. The second-order valence-electron chi connectivity index (χ2n) is 5.89. The Labute approximate surface area is 167 Å². The van der Waals surface area contributed by atoms with Gasteiger partial charge in [0.2, 0.25) is 0 Å². The summed E-state index contributed by atoms with van der Waals surface area (Å²) in [6.45, 7) is 2.72. The van der Waals surface area contributed by atoms with Crippen LogP contribution in [-0.2, 0) is 14.2 Å². The van der Waals surface area contributed by atoms with E-state index in [9.17, 15) is 30.1 Å². The van der Waals surface area contributed by atoms with Crippen LogP contribution in [0.15, 0.2) is 5.29 Å². The zero-order chi connectivity index (χ0) is 21.3. The smallest absolute Gasteiger partial charge is 0.345 e. The summed E-state index contributed by atoms with van der Waals surface area (Å²) < 4.78 is 16.2. The first-order chi connectivity index (χ1) is 13.4. The molecular formula is C15H28ClN3O9. The molecule has 1 rings (SSSR count). The molecule has 1 aliphatic rings. The molecule has 13 heteroatoms. The molecule has 0 aliphatic carbocycles. The van der Waals surface area contributed by atoms with Gasteiger partial charge in [0.25, 0.3) is 0 Å². The molecule has 164 valence electrons. The Morgan fingerprint density at radius 2 is 1.79 bits per heavy atom. The quantitative estimate of drug-likeness (QED) is 0.137. The molecule has 1 saturated heterocycles. The predicted octanol–water partition coefficient (Wildman–Crippen LogP) is -1.17. The Balaban J connectivity index is 3.19. The van der Waals surface area contributed by atoms with Gasteiger partial charge in [-0.15, -0.1) is 16.5 Å². The van der Waals surface area contributed by atoms with Gasteiger partial charge in [0.1, 0.15) is 24.4 Å². The molecule has 0 radical (unpaired) electrons. The molecule has 0 bridgehead atoms. The van der Waals surface area contributed by atoms with Crippen LogP contribution in [0.3, 0.4) is 0 Å². The maximum atomic E-state index is 12.8. The Morgan fingerprint density at radius 3 is 2.25 bits per heavy atom. The molecule has 1 aliphatic heterocycles. The van der Waals surface area contributed by atoms with Crippen molar-refractivity contribution in [2.24, 2.45) is 5.29 Å². The third-order valence-corrected chi connectivity index (χ3v) is 4.26. The molecule has 1 fully saturated rings. The first-order valence-electron chi connectivity index (χ1n) is 8.87. The molecule has 0 aromatic carbocycles. The molecule has 1 heterocycles. The number of halogens is 1. The van der Waals surface area contributed by atoms with Crippen LogP contribution >= 0.6 is 11.6 Å². The Kier molecular flexibility index (Phi) is 11.1. The van der Waals surface area contributed by atoms with Crippen molar-refractivity contribution in [1.82, 2.24) is 9.91 Å². The predicted molar refractivity (Wildman–Crippen MR) is 96.1 cm³/mol. The zero-order valence-corrected chi connectivity index (χ0v) is 16.5. The lowest BCUT2D eigenvalue weighted by Crippen LogP contribution is -2.66. The SMILES string of the molecule is CCOC(CN(C(=O)N(CCCl)N=O)[C@@H]1O[C@H](CO)[C@H](O)[C@H](O)[C@H]1O)OCC. The minimum atomic E-state index is -1.74. The Hall–Kier alpha value is -1.12. The lowest BCUT2D eigenvalue weighted by molar-refractivity contribution is -0.265. The number of nitrogens with zero attached hydrogens (tertiary/aromatic N) is 3. The molecular weight excluding hydrogens is 402 g/mol. The van der Waals surface area contributed by atoms with Crippen LogP contribution in [0.5, 0.6) is 0 Å². The van der Waals surface area contributed by atoms with Crippen LogP contribution in [0.4, 0.5) is 4.79 Å². The van der Waals surface area contributed by atoms with Crippen molar-refractivity contribution in [1.29, 1.82) is 0 Å². The molecule has 12 nitrogen and oxygen atoms in total. The number of urea groups is 1. The fraction of sp³-hybridized carbons (Fsp3) is 0.933. The highest BCUT2D eigenvalue weighted by Crippen LogP contribution is 2.25. The Bertz CT molecular complexity index is 482. The van der Waals surface area contributed by atoms with Crippen molar-refractivity contribution in [3.63, 3.8) is 0 Å². The van der Waals surface area contributed by atoms with E-state index in [1.54, 1.807) is 13.8 Å². The number of hydrogen-bond acceptors (Lipinski definition) is 10. The molecule has 0 spiro atoms. The first kappa shape index (κ1) is 24.9. The van der Waals surface area contributed by atoms with E-state index in [4.69, 9.17) is 25.8 Å². The minimum Gasteiger partial charge on any atom is -0.394 e. The summed E-state index contributed by atoms with van der Waals surface area (Å²) in [5.41, 5.74) is 0. The van der Waals surface area contributed by atoms with E-state index in [0.29, 0.717) is 5.01 Å². The van der Waals surface area contributed by atoms with Crippen LogP contribution in [0, 0.1) is 4.91 Å². The van der Waals surface area contributed by atoms with Gasteiger partial charge in [-0.3, -0.25) is 4.90 Å². The van der Waals surface area contributed by atoms with E-state index >= 15 is 0 Å². The van der Waals surface area contributed by atoms with Crippen LogP contribution in [0.2, 0.25) is 0 Å². The number of carbonyl (C=O) groups excluding carboxylic acids is 1. The molecule has 5 atom stereocenters. The molecule has 0 aromatic heterocycles. The van der Waals surface area contributed by atoms with Crippen LogP contribution < -0.4 is 0 Å². The van der Waals surface area contributed by atoms with Gasteiger partial charge in [-0.05, 0) is 13.8 Å². The molecule has 4 N–H and O–H groups in total. The first-order valence-corrected chi connectivity index (χ1v) is 9.40. The summed E-state index contributed by atoms with van der Waals surface area (Å²) >= 11 is 5.58. The highest BCUT2D eigenvalue weighted by Gasteiger charge is 2.48. The van der Waals surface area contributed by atoms with Crippen molar-refractivity contribution in [3.05, 3.63) is 4.91 Å². The normalized spacial score (nSPS) is 27.6. The van der Waals surface area contributed by atoms with E-state index in [1.165, 1.54) is 0 Å². The van der Waals surface area contributed by atoms with Crippen LogP contribution in [0.25, 0.3) is 0 Å². The Morgan fingerprint density at radius 1 is 1.18 bits per heavy atom. The third kappa shape index (κ3) is 6.19. The van der Waals surface area contributed by atoms with E-state index in [1.807, 2.05) is 0 Å². The van der Waals surface area contributed by atoms with Gasteiger partial charge in [0, 0.05) is 19.1 Å². The summed E-state index contributed by atoms with van der Waals surface area (Å²) in [5.74, 6) is -0.0830. The summed E-state index contributed by atoms with van der Waals surface area (Å²) in [6, 6.07) is -0.982. The van der Waals surface area contributed by atoms with Gasteiger partial charge in [-0.2, -0.15) is 5.01 Å². The van der Waals surface area contributed by atoms with Crippen molar-refractivity contribution >= 4 is 17.6 Å². The van der Waals surface area contributed by atoms with Gasteiger partial charge in [-0.25, -0.2) is 4.79 Å².